The van der Waals surface area contributed by atoms with Crippen molar-refractivity contribution in [3.8, 4) is 0 Å². The van der Waals surface area contributed by atoms with Crippen LogP contribution in [-0.2, 0) is 6.54 Å². The Kier molecular flexibility index (Phi) is 4.58. The van der Waals surface area contributed by atoms with Crippen LogP contribution >= 0.6 is 11.6 Å². The number of carbonyl (C=O) groups is 1. The summed E-state index contributed by atoms with van der Waals surface area (Å²) in [7, 11) is 1.76. The topological polar surface area (TPSA) is 46.3 Å². The van der Waals surface area contributed by atoms with Gasteiger partial charge in [0.2, 0.25) is 0 Å². The number of halogens is 1. The summed E-state index contributed by atoms with van der Waals surface area (Å²) in [5.74, 6) is 0.810. The molecule has 3 rings (SSSR count). The van der Waals surface area contributed by atoms with Crippen molar-refractivity contribution in [2.45, 2.75) is 26.3 Å². The van der Waals surface area contributed by atoms with Crippen LogP contribution in [0.4, 0.5) is 0 Å². The van der Waals surface area contributed by atoms with Crippen LogP contribution in [0.1, 0.15) is 41.6 Å². The highest BCUT2D eigenvalue weighted by atomic mass is 35.5. The van der Waals surface area contributed by atoms with Crippen molar-refractivity contribution in [2.24, 2.45) is 0 Å². The smallest absolute Gasteiger partial charge is 0.253 e. The summed E-state index contributed by atoms with van der Waals surface area (Å²) < 4.78 is 5.68. The SMILES string of the molecule is CC(C)c1nc2cc(C(=O)N(C)Cc3ccccc3Cl)ccc2o1. The quantitative estimate of drug-likeness (QED) is 0.679. The van der Waals surface area contributed by atoms with E-state index >= 15 is 0 Å². The summed E-state index contributed by atoms with van der Waals surface area (Å²) in [5.41, 5.74) is 2.90. The van der Waals surface area contributed by atoms with Gasteiger partial charge in [0.1, 0.15) is 5.52 Å². The zero-order valence-electron chi connectivity index (χ0n) is 13.9. The molecule has 0 spiro atoms. The van der Waals surface area contributed by atoms with Crippen LogP contribution in [0.15, 0.2) is 46.9 Å². The molecule has 0 aliphatic carbocycles. The Morgan fingerprint density at radius 2 is 2.00 bits per heavy atom. The zero-order valence-corrected chi connectivity index (χ0v) is 14.7. The summed E-state index contributed by atoms with van der Waals surface area (Å²) in [4.78, 5) is 18.8. The molecule has 4 nitrogen and oxygen atoms in total. The fraction of sp³-hybridized carbons (Fsp3) is 0.263. The third-order valence-corrected chi connectivity index (χ3v) is 4.23. The molecule has 1 amide bonds. The van der Waals surface area contributed by atoms with Crippen molar-refractivity contribution < 1.29 is 9.21 Å². The first kappa shape index (κ1) is 16.5. The molecule has 24 heavy (non-hydrogen) atoms. The molecule has 2 aromatic carbocycles. The van der Waals surface area contributed by atoms with E-state index in [0.29, 0.717) is 34.1 Å². The number of carbonyl (C=O) groups excluding carboxylic acids is 1. The van der Waals surface area contributed by atoms with Crippen LogP contribution in [0, 0.1) is 0 Å². The van der Waals surface area contributed by atoms with Crippen LogP contribution in [-0.4, -0.2) is 22.8 Å². The lowest BCUT2D eigenvalue weighted by Crippen LogP contribution is -2.26. The summed E-state index contributed by atoms with van der Waals surface area (Å²) >= 11 is 6.17. The molecule has 1 aromatic heterocycles. The number of oxazole rings is 1. The molecule has 124 valence electrons. The number of hydrogen-bond donors (Lipinski definition) is 0. The first-order chi connectivity index (χ1) is 11.5. The van der Waals surface area contributed by atoms with Crippen molar-refractivity contribution in [3.05, 3.63) is 64.5 Å². The molecule has 0 N–H and O–H groups in total. The first-order valence-corrected chi connectivity index (χ1v) is 8.23. The number of hydrogen-bond acceptors (Lipinski definition) is 3. The largest absolute Gasteiger partial charge is 0.440 e. The third kappa shape index (κ3) is 3.29. The molecule has 0 aliphatic heterocycles. The molecule has 0 saturated heterocycles. The molecule has 5 heteroatoms. The fourth-order valence-corrected chi connectivity index (χ4v) is 2.70. The lowest BCUT2D eigenvalue weighted by molar-refractivity contribution is 0.0785. The van der Waals surface area contributed by atoms with E-state index in [4.69, 9.17) is 16.0 Å². The van der Waals surface area contributed by atoms with Gasteiger partial charge < -0.3 is 9.32 Å². The average Bonchev–Trinajstić information content (AvgIpc) is 2.99. The molecule has 0 bridgehead atoms. The number of aromatic nitrogens is 1. The van der Waals surface area contributed by atoms with E-state index in [9.17, 15) is 4.79 Å². The Hall–Kier alpha value is -2.33. The van der Waals surface area contributed by atoms with Gasteiger partial charge in [-0.05, 0) is 29.8 Å². The van der Waals surface area contributed by atoms with Crippen LogP contribution in [0.2, 0.25) is 5.02 Å². The molecule has 0 fully saturated rings. The molecular weight excluding hydrogens is 324 g/mol. The van der Waals surface area contributed by atoms with Gasteiger partial charge in [-0.2, -0.15) is 0 Å². The molecule has 0 aliphatic rings. The van der Waals surface area contributed by atoms with Gasteiger partial charge in [0.05, 0.1) is 0 Å². The van der Waals surface area contributed by atoms with Gasteiger partial charge in [-0.25, -0.2) is 4.98 Å². The summed E-state index contributed by atoms with van der Waals surface area (Å²) in [6.07, 6.45) is 0. The van der Waals surface area contributed by atoms with E-state index in [1.807, 2.05) is 38.1 Å². The average molecular weight is 343 g/mol. The Balaban J connectivity index is 1.83. The number of rotatable bonds is 4. The Labute approximate surface area is 146 Å². The molecule has 3 aromatic rings. The standard InChI is InChI=1S/C19H19ClN2O2/c1-12(2)18-21-16-10-13(8-9-17(16)24-18)19(23)22(3)11-14-6-4-5-7-15(14)20/h4-10,12H,11H2,1-3H3. The summed E-state index contributed by atoms with van der Waals surface area (Å²) in [5, 5.41) is 0.658. The second-order valence-electron chi connectivity index (χ2n) is 6.14. The minimum absolute atomic E-state index is 0.0779. The third-order valence-electron chi connectivity index (χ3n) is 3.86. The molecule has 0 atom stereocenters. The number of amides is 1. The van der Waals surface area contributed by atoms with E-state index in [1.54, 1.807) is 30.1 Å². The maximum atomic E-state index is 12.7. The Morgan fingerprint density at radius 1 is 1.25 bits per heavy atom. The van der Waals surface area contributed by atoms with Crippen molar-refractivity contribution >= 4 is 28.6 Å². The number of benzene rings is 2. The Bertz CT molecular complexity index is 886. The molecule has 1 heterocycles. The molecular formula is C19H19ClN2O2. The zero-order chi connectivity index (χ0) is 17.3. The van der Waals surface area contributed by atoms with Crippen molar-refractivity contribution in [3.63, 3.8) is 0 Å². The Morgan fingerprint density at radius 3 is 2.71 bits per heavy atom. The number of fused-ring (bicyclic) bond motifs is 1. The second kappa shape index (κ2) is 6.65. The van der Waals surface area contributed by atoms with Crippen LogP contribution < -0.4 is 0 Å². The van der Waals surface area contributed by atoms with Gasteiger partial charge in [0.25, 0.3) is 5.91 Å². The van der Waals surface area contributed by atoms with Gasteiger partial charge in [-0.1, -0.05) is 43.6 Å². The second-order valence-corrected chi connectivity index (χ2v) is 6.55. The van der Waals surface area contributed by atoms with Gasteiger partial charge in [-0.3, -0.25) is 4.79 Å². The van der Waals surface area contributed by atoms with Gasteiger partial charge in [0.15, 0.2) is 11.5 Å². The normalized spacial score (nSPS) is 11.2. The van der Waals surface area contributed by atoms with Crippen LogP contribution in [0.5, 0.6) is 0 Å². The highest BCUT2D eigenvalue weighted by Gasteiger charge is 2.16. The minimum atomic E-state index is -0.0779. The minimum Gasteiger partial charge on any atom is -0.440 e. The highest BCUT2D eigenvalue weighted by Crippen LogP contribution is 2.23. The first-order valence-electron chi connectivity index (χ1n) is 7.85. The van der Waals surface area contributed by atoms with Crippen molar-refractivity contribution in [2.75, 3.05) is 7.05 Å². The summed E-state index contributed by atoms with van der Waals surface area (Å²) in [6, 6.07) is 12.9. The van der Waals surface area contributed by atoms with E-state index in [1.165, 1.54) is 0 Å². The van der Waals surface area contributed by atoms with E-state index in [2.05, 4.69) is 4.98 Å². The van der Waals surface area contributed by atoms with E-state index in [-0.39, 0.29) is 11.8 Å². The number of nitrogens with zero attached hydrogens (tertiary/aromatic N) is 2. The summed E-state index contributed by atoms with van der Waals surface area (Å²) in [6.45, 7) is 4.49. The van der Waals surface area contributed by atoms with Crippen LogP contribution in [0.3, 0.4) is 0 Å². The predicted molar refractivity (Wildman–Crippen MR) is 95.3 cm³/mol. The highest BCUT2D eigenvalue weighted by molar-refractivity contribution is 6.31. The van der Waals surface area contributed by atoms with Gasteiger partial charge >= 0.3 is 0 Å². The predicted octanol–water partition coefficient (Wildman–Crippen LogP) is 4.88. The lowest BCUT2D eigenvalue weighted by atomic mass is 10.1. The fourth-order valence-electron chi connectivity index (χ4n) is 2.50. The van der Waals surface area contributed by atoms with E-state index < -0.39 is 0 Å². The van der Waals surface area contributed by atoms with Crippen molar-refractivity contribution in [1.29, 1.82) is 0 Å². The van der Waals surface area contributed by atoms with Crippen LogP contribution in [0.25, 0.3) is 11.1 Å². The maximum absolute atomic E-state index is 12.7. The molecule has 0 radical (unpaired) electrons. The molecule has 0 unspecified atom stereocenters. The molecule has 0 saturated carbocycles. The van der Waals surface area contributed by atoms with Crippen molar-refractivity contribution in [1.82, 2.24) is 9.88 Å². The van der Waals surface area contributed by atoms with E-state index in [0.717, 1.165) is 5.56 Å². The van der Waals surface area contributed by atoms with Gasteiger partial charge in [0, 0.05) is 30.1 Å². The maximum Gasteiger partial charge on any atom is 0.253 e. The van der Waals surface area contributed by atoms with Gasteiger partial charge in [-0.15, -0.1) is 0 Å². The monoisotopic (exact) mass is 342 g/mol. The lowest BCUT2D eigenvalue weighted by Gasteiger charge is -2.18.